The van der Waals surface area contributed by atoms with Crippen molar-refractivity contribution in [1.82, 2.24) is 5.32 Å². The Balaban J connectivity index is 2.11. The van der Waals surface area contributed by atoms with E-state index in [1.54, 1.807) is 24.3 Å². The number of anilines is 1. The largest absolute Gasteiger partial charge is 0.455 e. The summed E-state index contributed by atoms with van der Waals surface area (Å²) in [6.45, 7) is 5.43. The number of amides is 2. The SMILES string of the molecule is CC(C)(C)NC(=O)C(=O)Nc1ccccc1Oc1ccccc1. The molecule has 0 bridgehead atoms. The number of benzene rings is 2. The van der Waals surface area contributed by atoms with Gasteiger partial charge in [0.1, 0.15) is 5.75 Å². The number of carbonyl (C=O) groups excluding carboxylic acids is 2. The zero-order valence-electron chi connectivity index (χ0n) is 13.4. The zero-order chi connectivity index (χ0) is 16.9. The third-order valence-corrected chi connectivity index (χ3v) is 2.80. The summed E-state index contributed by atoms with van der Waals surface area (Å²) in [6, 6.07) is 16.2. The molecule has 0 aromatic heterocycles. The quantitative estimate of drug-likeness (QED) is 0.854. The van der Waals surface area contributed by atoms with E-state index in [0.717, 1.165) is 0 Å². The molecule has 5 nitrogen and oxygen atoms in total. The molecule has 23 heavy (non-hydrogen) atoms. The van der Waals surface area contributed by atoms with Gasteiger partial charge in [0.05, 0.1) is 5.69 Å². The first kappa shape index (κ1) is 16.5. The molecule has 0 aliphatic rings. The second-order valence-electron chi connectivity index (χ2n) is 6.07. The molecule has 0 saturated carbocycles. The van der Waals surface area contributed by atoms with E-state index >= 15 is 0 Å². The van der Waals surface area contributed by atoms with E-state index in [1.807, 2.05) is 51.1 Å². The summed E-state index contributed by atoms with van der Waals surface area (Å²) in [4.78, 5) is 23.9. The van der Waals surface area contributed by atoms with Crippen molar-refractivity contribution in [3.05, 3.63) is 54.6 Å². The summed E-state index contributed by atoms with van der Waals surface area (Å²) in [6.07, 6.45) is 0. The highest BCUT2D eigenvalue weighted by atomic mass is 16.5. The van der Waals surface area contributed by atoms with Gasteiger partial charge in [0.15, 0.2) is 5.75 Å². The minimum Gasteiger partial charge on any atom is -0.455 e. The molecule has 0 aliphatic heterocycles. The van der Waals surface area contributed by atoms with Crippen LogP contribution in [0.4, 0.5) is 5.69 Å². The molecule has 0 spiro atoms. The molecule has 0 unspecified atom stereocenters. The van der Waals surface area contributed by atoms with Crippen molar-refractivity contribution in [2.45, 2.75) is 26.3 Å². The van der Waals surface area contributed by atoms with E-state index in [-0.39, 0.29) is 0 Å². The lowest BCUT2D eigenvalue weighted by molar-refractivity contribution is -0.137. The van der Waals surface area contributed by atoms with Crippen LogP contribution in [-0.2, 0) is 9.59 Å². The fourth-order valence-electron chi connectivity index (χ4n) is 1.85. The lowest BCUT2D eigenvalue weighted by atomic mass is 10.1. The Bertz CT molecular complexity index is 691. The summed E-state index contributed by atoms with van der Waals surface area (Å²) >= 11 is 0. The summed E-state index contributed by atoms with van der Waals surface area (Å²) in [7, 11) is 0. The topological polar surface area (TPSA) is 67.4 Å². The molecule has 2 aromatic rings. The van der Waals surface area contributed by atoms with E-state index in [4.69, 9.17) is 4.74 Å². The van der Waals surface area contributed by atoms with Gasteiger partial charge in [-0.15, -0.1) is 0 Å². The first-order valence-electron chi connectivity index (χ1n) is 7.30. The highest BCUT2D eigenvalue weighted by molar-refractivity contribution is 6.39. The monoisotopic (exact) mass is 312 g/mol. The predicted molar refractivity (Wildman–Crippen MR) is 89.5 cm³/mol. The molecule has 5 heteroatoms. The van der Waals surface area contributed by atoms with Crippen LogP contribution in [-0.4, -0.2) is 17.4 Å². The Morgan fingerprint density at radius 3 is 2.13 bits per heavy atom. The minimum absolute atomic E-state index is 0.436. The second-order valence-corrected chi connectivity index (χ2v) is 6.07. The molecule has 2 aromatic carbocycles. The second kappa shape index (κ2) is 6.96. The summed E-state index contributed by atoms with van der Waals surface area (Å²) in [5.41, 5.74) is -0.0421. The van der Waals surface area contributed by atoms with E-state index in [0.29, 0.717) is 17.2 Å². The van der Waals surface area contributed by atoms with E-state index in [2.05, 4.69) is 10.6 Å². The third kappa shape index (κ3) is 5.14. The Kier molecular flexibility index (Phi) is 5.01. The molecule has 0 aliphatic carbocycles. The van der Waals surface area contributed by atoms with Crippen LogP contribution in [0.15, 0.2) is 54.6 Å². The van der Waals surface area contributed by atoms with Gasteiger partial charge in [-0.3, -0.25) is 9.59 Å². The summed E-state index contributed by atoms with van der Waals surface area (Å²) in [5, 5.41) is 5.19. The van der Waals surface area contributed by atoms with Gasteiger partial charge in [-0.2, -0.15) is 0 Å². The number of para-hydroxylation sites is 3. The molecule has 2 N–H and O–H groups in total. The average molecular weight is 312 g/mol. The van der Waals surface area contributed by atoms with Gasteiger partial charge in [0.2, 0.25) is 0 Å². The standard InChI is InChI=1S/C18H20N2O3/c1-18(2,3)20-17(22)16(21)19-14-11-7-8-12-15(14)23-13-9-5-4-6-10-13/h4-12H,1-3H3,(H,19,21)(H,20,22). The van der Waals surface area contributed by atoms with Gasteiger partial charge in [-0.25, -0.2) is 0 Å². The van der Waals surface area contributed by atoms with Crippen molar-refractivity contribution < 1.29 is 14.3 Å². The van der Waals surface area contributed by atoms with Crippen LogP contribution in [0.1, 0.15) is 20.8 Å². The zero-order valence-corrected chi connectivity index (χ0v) is 13.4. The smallest absolute Gasteiger partial charge is 0.313 e. The lowest BCUT2D eigenvalue weighted by Crippen LogP contribution is -2.46. The van der Waals surface area contributed by atoms with Gasteiger partial charge in [-0.05, 0) is 45.0 Å². The Hall–Kier alpha value is -2.82. The number of hydrogen-bond acceptors (Lipinski definition) is 3. The van der Waals surface area contributed by atoms with Crippen LogP contribution < -0.4 is 15.4 Å². The maximum absolute atomic E-state index is 12.0. The van der Waals surface area contributed by atoms with Gasteiger partial charge in [-0.1, -0.05) is 30.3 Å². The van der Waals surface area contributed by atoms with E-state index in [1.165, 1.54) is 0 Å². The molecule has 0 heterocycles. The number of hydrogen-bond donors (Lipinski definition) is 2. The number of ether oxygens (including phenoxy) is 1. The van der Waals surface area contributed by atoms with Crippen molar-refractivity contribution in [1.29, 1.82) is 0 Å². The number of carbonyl (C=O) groups is 2. The first-order valence-corrected chi connectivity index (χ1v) is 7.30. The van der Waals surface area contributed by atoms with Crippen LogP contribution in [0.25, 0.3) is 0 Å². The molecule has 0 radical (unpaired) electrons. The highest BCUT2D eigenvalue weighted by Crippen LogP contribution is 2.28. The Morgan fingerprint density at radius 2 is 1.48 bits per heavy atom. The van der Waals surface area contributed by atoms with E-state index in [9.17, 15) is 9.59 Å². The maximum atomic E-state index is 12.0. The fourth-order valence-corrected chi connectivity index (χ4v) is 1.85. The van der Waals surface area contributed by atoms with Crippen LogP contribution in [0.3, 0.4) is 0 Å². The van der Waals surface area contributed by atoms with Crippen molar-refractivity contribution >= 4 is 17.5 Å². The molecule has 2 amide bonds. The summed E-state index contributed by atoms with van der Waals surface area (Å²) < 4.78 is 5.74. The van der Waals surface area contributed by atoms with Crippen LogP contribution in [0.2, 0.25) is 0 Å². The molecular weight excluding hydrogens is 292 g/mol. The van der Waals surface area contributed by atoms with Crippen molar-refractivity contribution in [2.24, 2.45) is 0 Å². The molecular formula is C18H20N2O3. The molecule has 0 fully saturated rings. The average Bonchev–Trinajstić information content (AvgIpc) is 2.48. The van der Waals surface area contributed by atoms with Gasteiger partial charge < -0.3 is 15.4 Å². The van der Waals surface area contributed by atoms with Gasteiger partial charge in [0.25, 0.3) is 0 Å². The third-order valence-electron chi connectivity index (χ3n) is 2.80. The van der Waals surface area contributed by atoms with Crippen molar-refractivity contribution in [3.8, 4) is 11.5 Å². The molecule has 0 saturated heterocycles. The van der Waals surface area contributed by atoms with Crippen molar-refractivity contribution in [3.63, 3.8) is 0 Å². The van der Waals surface area contributed by atoms with Crippen LogP contribution in [0, 0.1) is 0 Å². The molecule has 0 atom stereocenters. The maximum Gasteiger partial charge on any atom is 0.313 e. The van der Waals surface area contributed by atoms with Gasteiger partial charge in [0, 0.05) is 5.54 Å². The van der Waals surface area contributed by atoms with Gasteiger partial charge >= 0.3 is 11.8 Å². The minimum atomic E-state index is -0.732. The predicted octanol–water partition coefficient (Wildman–Crippen LogP) is 3.33. The fraction of sp³-hybridized carbons (Fsp3) is 0.222. The molecule has 2 rings (SSSR count). The highest BCUT2D eigenvalue weighted by Gasteiger charge is 2.21. The molecule has 120 valence electrons. The number of nitrogens with one attached hydrogen (secondary N) is 2. The normalized spacial score (nSPS) is 10.7. The van der Waals surface area contributed by atoms with Crippen LogP contribution in [0.5, 0.6) is 11.5 Å². The van der Waals surface area contributed by atoms with Crippen molar-refractivity contribution in [2.75, 3.05) is 5.32 Å². The summed E-state index contributed by atoms with van der Waals surface area (Å²) in [5.74, 6) is -0.306. The van der Waals surface area contributed by atoms with Crippen LogP contribution >= 0.6 is 0 Å². The number of rotatable bonds is 3. The lowest BCUT2D eigenvalue weighted by Gasteiger charge is -2.20. The Labute approximate surface area is 135 Å². The van der Waals surface area contributed by atoms with E-state index < -0.39 is 17.4 Å². The first-order chi connectivity index (χ1) is 10.8. The Morgan fingerprint density at radius 1 is 0.870 bits per heavy atom.